The van der Waals surface area contributed by atoms with Crippen LogP contribution < -0.4 is 15.8 Å². The van der Waals surface area contributed by atoms with Crippen LogP contribution in [0.2, 0.25) is 5.02 Å². The Morgan fingerprint density at radius 3 is 2.79 bits per heavy atom. The van der Waals surface area contributed by atoms with Crippen LogP contribution >= 0.6 is 11.6 Å². The van der Waals surface area contributed by atoms with Crippen molar-refractivity contribution in [2.75, 3.05) is 32.8 Å². The molecule has 1 unspecified atom stereocenters. The number of amides is 2. The molecule has 1 saturated heterocycles. The van der Waals surface area contributed by atoms with Gasteiger partial charge in [0.2, 0.25) is 11.8 Å². The summed E-state index contributed by atoms with van der Waals surface area (Å²) < 4.78 is 5.55. The molecule has 0 spiro atoms. The summed E-state index contributed by atoms with van der Waals surface area (Å²) in [5.74, 6) is 0.534. The van der Waals surface area contributed by atoms with Gasteiger partial charge in [-0.25, -0.2) is 0 Å². The normalized spacial score (nSPS) is 17.4. The minimum Gasteiger partial charge on any atom is -0.493 e. The zero-order valence-corrected chi connectivity index (χ0v) is 14.4. The predicted octanol–water partition coefficient (Wildman–Crippen LogP) is 1.42. The number of piperidine rings is 1. The van der Waals surface area contributed by atoms with Gasteiger partial charge in [-0.05, 0) is 37.1 Å². The van der Waals surface area contributed by atoms with E-state index in [9.17, 15) is 9.59 Å². The lowest BCUT2D eigenvalue weighted by atomic mass is 9.97. The van der Waals surface area contributed by atoms with Gasteiger partial charge in [0.1, 0.15) is 5.75 Å². The fraction of sp³-hybridized carbons (Fsp3) is 0.529. The molecule has 1 aliphatic heterocycles. The number of hydrogen-bond donors (Lipinski definition) is 2. The lowest BCUT2D eigenvalue weighted by Crippen LogP contribution is -2.46. The molecule has 0 bridgehead atoms. The monoisotopic (exact) mass is 353 g/mol. The molecule has 7 heteroatoms. The highest BCUT2D eigenvalue weighted by Gasteiger charge is 2.27. The fourth-order valence-electron chi connectivity index (χ4n) is 2.70. The molecule has 1 aromatic carbocycles. The minimum atomic E-state index is -0.147. The first-order chi connectivity index (χ1) is 11.6. The van der Waals surface area contributed by atoms with E-state index in [1.807, 2.05) is 0 Å². The van der Waals surface area contributed by atoms with E-state index in [1.54, 1.807) is 29.2 Å². The van der Waals surface area contributed by atoms with Crippen LogP contribution in [0.1, 0.15) is 19.3 Å². The molecule has 0 aliphatic carbocycles. The first-order valence-corrected chi connectivity index (χ1v) is 8.62. The second-order valence-electron chi connectivity index (χ2n) is 5.81. The van der Waals surface area contributed by atoms with Gasteiger partial charge in [0.25, 0.3) is 0 Å². The topological polar surface area (TPSA) is 84.7 Å². The number of nitrogens with zero attached hydrogens (tertiary/aromatic N) is 1. The van der Waals surface area contributed by atoms with Crippen molar-refractivity contribution in [1.82, 2.24) is 10.2 Å². The molecule has 3 N–H and O–H groups in total. The van der Waals surface area contributed by atoms with E-state index in [0.717, 1.165) is 12.8 Å². The number of ether oxygens (including phenoxy) is 1. The van der Waals surface area contributed by atoms with Crippen molar-refractivity contribution >= 4 is 23.4 Å². The van der Waals surface area contributed by atoms with Crippen LogP contribution in [-0.2, 0) is 9.59 Å². The second-order valence-corrected chi connectivity index (χ2v) is 6.25. The van der Waals surface area contributed by atoms with Crippen molar-refractivity contribution in [2.24, 2.45) is 11.7 Å². The molecule has 0 aromatic heterocycles. The Labute approximate surface area is 147 Å². The van der Waals surface area contributed by atoms with Gasteiger partial charge in [-0.2, -0.15) is 0 Å². The van der Waals surface area contributed by atoms with Crippen LogP contribution in [0, 0.1) is 5.92 Å². The maximum atomic E-state index is 12.3. The minimum absolute atomic E-state index is 0.0142. The summed E-state index contributed by atoms with van der Waals surface area (Å²) in [5, 5.41) is 3.44. The lowest BCUT2D eigenvalue weighted by molar-refractivity contribution is -0.136. The molecule has 24 heavy (non-hydrogen) atoms. The molecule has 2 rings (SSSR count). The first kappa shape index (κ1) is 18.5. The molecule has 1 aromatic rings. The standard InChI is InChI=1S/C17H24ClN3O3/c18-14-3-5-15(6-4-14)24-11-7-16(22)21-10-1-2-13(12-21)17(23)20-9-8-19/h3-6,13H,1-2,7-12,19H2,(H,20,23). The Balaban J connectivity index is 1.75. The summed E-state index contributed by atoms with van der Waals surface area (Å²) in [5.41, 5.74) is 5.39. The zero-order valence-electron chi connectivity index (χ0n) is 13.7. The van der Waals surface area contributed by atoms with E-state index >= 15 is 0 Å². The summed E-state index contributed by atoms with van der Waals surface area (Å²) >= 11 is 5.81. The molecule has 0 saturated carbocycles. The number of benzene rings is 1. The summed E-state index contributed by atoms with van der Waals surface area (Å²) in [6.45, 7) is 2.36. The van der Waals surface area contributed by atoms with E-state index < -0.39 is 0 Å². The smallest absolute Gasteiger partial charge is 0.226 e. The van der Waals surface area contributed by atoms with Crippen molar-refractivity contribution in [3.8, 4) is 5.75 Å². The van der Waals surface area contributed by atoms with Gasteiger partial charge >= 0.3 is 0 Å². The van der Waals surface area contributed by atoms with Crippen LogP contribution in [0.25, 0.3) is 0 Å². The molecule has 1 heterocycles. The van der Waals surface area contributed by atoms with Crippen molar-refractivity contribution < 1.29 is 14.3 Å². The Morgan fingerprint density at radius 2 is 2.08 bits per heavy atom. The Bertz CT molecular complexity index is 551. The number of carbonyl (C=O) groups excluding carboxylic acids is 2. The first-order valence-electron chi connectivity index (χ1n) is 8.24. The average Bonchev–Trinajstić information content (AvgIpc) is 2.61. The summed E-state index contributed by atoms with van der Waals surface area (Å²) in [7, 11) is 0. The highest BCUT2D eigenvalue weighted by Crippen LogP contribution is 2.18. The van der Waals surface area contributed by atoms with Crippen LogP contribution in [0.5, 0.6) is 5.75 Å². The number of likely N-dealkylation sites (tertiary alicyclic amines) is 1. The summed E-state index contributed by atoms with van der Waals surface area (Å²) in [4.78, 5) is 26.1. The van der Waals surface area contributed by atoms with Gasteiger partial charge in [0, 0.05) is 31.2 Å². The van der Waals surface area contributed by atoms with Gasteiger partial charge in [-0.15, -0.1) is 0 Å². The van der Waals surface area contributed by atoms with E-state index in [-0.39, 0.29) is 17.7 Å². The van der Waals surface area contributed by atoms with Gasteiger partial charge in [0.15, 0.2) is 0 Å². The average molecular weight is 354 g/mol. The quantitative estimate of drug-likeness (QED) is 0.776. The summed E-state index contributed by atoms with van der Waals surface area (Å²) in [6.07, 6.45) is 1.94. The number of nitrogens with two attached hydrogens (primary N) is 1. The lowest BCUT2D eigenvalue weighted by Gasteiger charge is -2.32. The van der Waals surface area contributed by atoms with E-state index in [0.29, 0.717) is 50.0 Å². The maximum Gasteiger partial charge on any atom is 0.226 e. The van der Waals surface area contributed by atoms with Crippen LogP contribution in [0.3, 0.4) is 0 Å². The highest BCUT2D eigenvalue weighted by atomic mass is 35.5. The third-order valence-corrected chi connectivity index (χ3v) is 4.24. The molecule has 1 fully saturated rings. The third kappa shape index (κ3) is 5.69. The van der Waals surface area contributed by atoms with Gasteiger partial charge in [-0.3, -0.25) is 9.59 Å². The van der Waals surface area contributed by atoms with E-state index in [4.69, 9.17) is 22.1 Å². The van der Waals surface area contributed by atoms with Gasteiger partial charge in [0.05, 0.1) is 18.9 Å². The molecule has 2 amide bonds. The van der Waals surface area contributed by atoms with Crippen molar-refractivity contribution in [3.05, 3.63) is 29.3 Å². The van der Waals surface area contributed by atoms with Gasteiger partial charge < -0.3 is 20.7 Å². The second kappa shape index (κ2) is 9.49. The largest absolute Gasteiger partial charge is 0.493 e. The van der Waals surface area contributed by atoms with Crippen LogP contribution in [-0.4, -0.2) is 49.5 Å². The van der Waals surface area contributed by atoms with Crippen molar-refractivity contribution in [3.63, 3.8) is 0 Å². The molecule has 1 atom stereocenters. The molecule has 1 aliphatic rings. The van der Waals surface area contributed by atoms with E-state index in [1.165, 1.54) is 0 Å². The number of carbonyl (C=O) groups is 2. The Morgan fingerprint density at radius 1 is 1.33 bits per heavy atom. The zero-order chi connectivity index (χ0) is 17.4. The maximum absolute atomic E-state index is 12.3. The Hall–Kier alpha value is -1.79. The molecule has 0 radical (unpaired) electrons. The number of hydrogen-bond acceptors (Lipinski definition) is 4. The van der Waals surface area contributed by atoms with Gasteiger partial charge in [-0.1, -0.05) is 11.6 Å². The molecular weight excluding hydrogens is 330 g/mol. The number of rotatable bonds is 7. The Kier molecular flexibility index (Phi) is 7.34. The third-order valence-electron chi connectivity index (χ3n) is 3.99. The highest BCUT2D eigenvalue weighted by molar-refractivity contribution is 6.30. The summed E-state index contributed by atoms with van der Waals surface area (Å²) in [6, 6.07) is 7.03. The molecule has 132 valence electrons. The van der Waals surface area contributed by atoms with E-state index in [2.05, 4.69) is 5.32 Å². The molecule has 6 nitrogen and oxygen atoms in total. The fourth-order valence-corrected chi connectivity index (χ4v) is 2.83. The van der Waals surface area contributed by atoms with Crippen LogP contribution in [0.15, 0.2) is 24.3 Å². The molecular formula is C17H24ClN3O3. The number of halogens is 1. The predicted molar refractivity (Wildman–Crippen MR) is 92.9 cm³/mol. The number of nitrogens with one attached hydrogen (secondary N) is 1. The van der Waals surface area contributed by atoms with Crippen molar-refractivity contribution in [2.45, 2.75) is 19.3 Å². The van der Waals surface area contributed by atoms with Crippen LogP contribution in [0.4, 0.5) is 0 Å². The van der Waals surface area contributed by atoms with Crippen molar-refractivity contribution in [1.29, 1.82) is 0 Å². The SMILES string of the molecule is NCCNC(=O)C1CCCN(C(=O)CCOc2ccc(Cl)cc2)C1.